The van der Waals surface area contributed by atoms with E-state index in [0.717, 1.165) is 11.3 Å². The Balaban J connectivity index is 2.10. The number of carbonyl (C=O) groups is 2. The smallest absolute Gasteiger partial charge is 0.337 e. The lowest BCUT2D eigenvalue weighted by Gasteiger charge is -2.20. The van der Waals surface area contributed by atoms with Crippen molar-refractivity contribution >= 4 is 39.1 Å². The number of carboxylic acids is 1. The summed E-state index contributed by atoms with van der Waals surface area (Å²) in [6, 6.07) is 4.30. The van der Waals surface area contributed by atoms with Crippen molar-refractivity contribution in [1.82, 2.24) is 9.55 Å². The third-order valence-electron chi connectivity index (χ3n) is 4.29. The Hall–Kier alpha value is -3.07. The normalized spacial score (nSPS) is 12.3. The molecule has 7 nitrogen and oxygen atoms in total. The van der Waals surface area contributed by atoms with Gasteiger partial charge in [0.1, 0.15) is 22.5 Å². The lowest BCUT2D eigenvalue weighted by atomic mass is 10.1. The molecular formula is C19H18FN3O4S. The number of carbonyl (C=O) groups excluding carboxylic acids is 1. The molecule has 0 aliphatic carbocycles. The van der Waals surface area contributed by atoms with Crippen molar-refractivity contribution < 1.29 is 19.1 Å². The number of halogens is 1. The minimum atomic E-state index is -1.22. The molecule has 9 heteroatoms. The van der Waals surface area contributed by atoms with Crippen LogP contribution in [0, 0.1) is 5.82 Å². The van der Waals surface area contributed by atoms with Crippen LogP contribution in [0.3, 0.4) is 0 Å². The molecular weight excluding hydrogens is 385 g/mol. The zero-order valence-electron chi connectivity index (χ0n) is 15.4. The van der Waals surface area contributed by atoms with Crippen LogP contribution in [0.25, 0.3) is 10.2 Å². The van der Waals surface area contributed by atoms with E-state index in [0.29, 0.717) is 16.3 Å². The van der Waals surface area contributed by atoms with E-state index in [9.17, 15) is 23.9 Å². The molecule has 3 aromatic rings. The highest BCUT2D eigenvalue weighted by molar-refractivity contribution is 7.17. The summed E-state index contributed by atoms with van der Waals surface area (Å²) in [6.07, 6.45) is 0. The van der Waals surface area contributed by atoms with Crippen molar-refractivity contribution in [2.75, 3.05) is 5.32 Å². The lowest BCUT2D eigenvalue weighted by molar-refractivity contribution is -0.118. The number of aromatic nitrogens is 2. The molecule has 0 radical (unpaired) electrons. The van der Waals surface area contributed by atoms with Crippen LogP contribution in [0.1, 0.15) is 48.9 Å². The van der Waals surface area contributed by atoms with Crippen molar-refractivity contribution in [3.63, 3.8) is 0 Å². The minimum Gasteiger partial charge on any atom is -0.478 e. The Morgan fingerprint density at radius 3 is 2.43 bits per heavy atom. The summed E-state index contributed by atoms with van der Waals surface area (Å²) in [5.41, 5.74) is -0.324. The highest BCUT2D eigenvalue weighted by Gasteiger charge is 2.26. The van der Waals surface area contributed by atoms with Crippen molar-refractivity contribution in [2.24, 2.45) is 0 Å². The number of amides is 1. The molecule has 2 heterocycles. The molecule has 0 spiro atoms. The molecule has 1 aromatic carbocycles. The Morgan fingerprint density at radius 2 is 1.86 bits per heavy atom. The number of hydrogen-bond acceptors (Lipinski definition) is 5. The van der Waals surface area contributed by atoms with Crippen LogP contribution >= 0.6 is 11.3 Å². The predicted octanol–water partition coefficient (Wildman–Crippen LogP) is 3.62. The Bertz CT molecular complexity index is 1120. The topological polar surface area (TPSA) is 101 Å². The van der Waals surface area contributed by atoms with Crippen molar-refractivity contribution in [1.29, 1.82) is 0 Å². The second-order valence-electron chi connectivity index (χ2n) is 6.61. The van der Waals surface area contributed by atoms with Crippen LogP contribution in [0.4, 0.5) is 10.1 Å². The third kappa shape index (κ3) is 3.53. The summed E-state index contributed by atoms with van der Waals surface area (Å²) in [6.45, 7) is 5.20. The van der Waals surface area contributed by atoms with Crippen LogP contribution < -0.4 is 10.9 Å². The fraction of sp³-hybridized carbons (Fsp3) is 0.263. The van der Waals surface area contributed by atoms with Gasteiger partial charge in [-0.15, -0.1) is 11.3 Å². The standard InChI is InChI=1S/C19H18FN3O4S/c1-9(2)15-22-17-14(13(8-28-17)19(26)27)18(25)23(15)10(3)16(24)21-12-6-4-11(20)5-7-12/h4-10H,1-3H3,(H,21,24)(H,26,27). The first-order valence-electron chi connectivity index (χ1n) is 8.54. The number of carboxylic acid groups (broad SMARTS) is 1. The van der Waals surface area contributed by atoms with Gasteiger partial charge in [0.2, 0.25) is 5.91 Å². The van der Waals surface area contributed by atoms with Gasteiger partial charge in [-0.25, -0.2) is 14.2 Å². The number of rotatable bonds is 5. The fourth-order valence-corrected chi connectivity index (χ4v) is 3.76. The maximum absolute atomic E-state index is 13.1. The van der Waals surface area contributed by atoms with Gasteiger partial charge >= 0.3 is 5.97 Å². The summed E-state index contributed by atoms with van der Waals surface area (Å²) in [5.74, 6) is -1.94. The van der Waals surface area contributed by atoms with Gasteiger partial charge < -0.3 is 10.4 Å². The second-order valence-corrected chi connectivity index (χ2v) is 7.46. The zero-order chi connectivity index (χ0) is 20.6. The summed E-state index contributed by atoms with van der Waals surface area (Å²) >= 11 is 1.08. The average Bonchev–Trinajstić information content (AvgIpc) is 3.07. The Kier molecular flexibility index (Phi) is 5.28. The zero-order valence-corrected chi connectivity index (χ0v) is 16.2. The summed E-state index contributed by atoms with van der Waals surface area (Å²) in [5, 5.41) is 13.3. The largest absolute Gasteiger partial charge is 0.478 e. The van der Waals surface area contributed by atoms with Gasteiger partial charge in [0, 0.05) is 17.0 Å². The van der Waals surface area contributed by atoms with E-state index in [1.54, 1.807) is 0 Å². The third-order valence-corrected chi connectivity index (χ3v) is 5.16. The monoisotopic (exact) mass is 403 g/mol. The molecule has 0 bridgehead atoms. The van der Waals surface area contributed by atoms with Crippen molar-refractivity contribution in [3.05, 3.63) is 57.2 Å². The molecule has 146 valence electrons. The van der Waals surface area contributed by atoms with Gasteiger partial charge in [-0.3, -0.25) is 14.2 Å². The van der Waals surface area contributed by atoms with E-state index in [1.807, 2.05) is 13.8 Å². The van der Waals surface area contributed by atoms with E-state index in [-0.39, 0.29) is 16.9 Å². The predicted molar refractivity (Wildman–Crippen MR) is 105 cm³/mol. The number of nitrogens with zero attached hydrogens (tertiary/aromatic N) is 2. The maximum atomic E-state index is 13.1. The molecule has 0 aliphatic heterocycles. The molecule has 0 saturated carbocycles. The van der Waals surface area contributed by atoms with Crippen molar-refractivity contribution in [2.45, 2.75) is 32.7 Å². The number of thiophene rings is 1. The quantitative estimate of drug-likeness (QED) is 0.678. The molecule has 28 heavy (non-hydrogen) atoms. The minimum absolute atomic E-state index is 0.0108. The van der Waals surface area contributed by atoms with E-state index in [1.165, 1.54) is 41.1 Å². The molecule has 2 aromatic heterocycles. The molecule has 2 N–H and O–H groups in total. The highest BCUT2D eigenvalue weighted by Crippen LogP contribution is 2.25. The molecule has 3 rings (SSSR count). The summed E-state index contributed by atoms with van der Waals surface area (Å²) < 4.78 is 14.3. The maximum Gasteiger partial charge on any atom is 0.337 e. The highest BCUT2D eigenvalue weighted by atomic mass is 32.1. The number of aromatic carboxylic acids is 1. The van der Waals surface area contributed by atoms with Crippen LogP contribution in [0.2, 0.25) is 0 Å². The van der Waals surface area contributed by atoms with E-state index < -0.39 is 29.3 Å². The fourth-order valence-electron chi connectivity index (χ4n) is 2.86. The number of nitrogens with one attached hydrogen (secondary N) is 1. The molecule has 1 atom stereocenters. The van der Waals surface area contributed by atoms with Gasteiger partial charge in [0.05, 0.1) is 10.9 Å². The SMILES string of the molecule is CC(C)c1nc2scc(C(=O)O)c2c(=O)n1C(C)C(=O)Nc1ccc(F)cc1. The first-order chi connectivity index (χ1) is 13.2. The number of anilines is 1. The first kappa shape index (κ1) is 19.7. The van der Waals surface area contributed by atoms with E-state index in [4.69, 9.17) is 0 Å². The summed E-state index contributed by atoms with van der Waals surface area (Å²) in [7, 11) is 0. The van der Waals surface area contributed by atoms with Gasteiger partial charge in [-0.2, -0.15) is 0 Å². The number of hydrogen-bond donors (Lipinski definition) is 2. The van der Waals surface area contributed by atoms with Gasteiger partial charge in [0.15, 0.2) is 0 Å². The molecule has 1 unspecified atom stereocenters. The lowest BCUT2D eigenvalue weighted by Crippen LogP contribution is -2.35. The van der Waals surface area contributed by atoms with E-state index >= 15 is 0 Å². The second kappa shape index (κ2) is 7.51. The van der Waals surface area contributed by atoms with Crippen molar-refractivity contribution in [3.8, 4) is 0 Å². The number of benzene rings is 1. The van der Waals surface area contributed by atoms with Crippen LogP contribution in [-0.2, 0) is 4.79 Å². The molecule has 0 fully saturated rings. The van der Waals surface area contributed by atoms with Crippen LogP contribution in [0.5, 0.6) is 0 Å². The van der Waals surface area contributed by atoms with Gasteiger partial charge in [-0.1, -0.05) is 13.8 Å². The summed E-state index contributed by atoms with van der Waals surface area (Å²) in [4.78, 5) is 42.1. The van der Waals surface area contributed by atoms with Crippen LogP contribution in [-0.4, -0.2) is 26.5 Å². The average molecular weight is 403 g/mol. The first-order valence-corrected chi connectivity index (χ1v) is 9.42. The molecule has 0 saturated heterocycles. The van der Waals surface area contributed by atoms with Crippen LogP contribution in [0.15, 0.2) is 34.4 Å². The molecule has 1 amide bonds. The van der Waals surface area contributed by atoms with E-state index in [2.05, 4.69) is 10.3 Å². The number of fused-ring (bicyclic) bond motifs is 1. The van der Waals surface area contributed by atoms with Gasteiger partial charge in [0.25, 0.3) is 5.56 Å². The Labute approximate surface area is 163 Å². The van der Waals surface area contributed by atoms with Gasteiger partial charge in [-0.05, 0) is 31.2 Å². The molecule has 0 aliphatic rings. The Morgan fingerprint density at radius 1 is 1.21 bits per heavy atom.